The Morgan fingerprint density at radius 3 is 2.50 bits per heavy atom. The maximum atomic E-state index is 12.6. The smallest absolute Gasteiger partial charge is 0.300 e. The van der Waals surface area contributed by atoms with Gasteiger partial charge in [-0.05, 0) is 41.5 Å². The highest BCUT2D eigenvalue weighted by atomic mass is 16.5. The fraction of sp³-hybridized carbons (Fsp3) is 0.276. The van der Waals surface area contributed by atoms with Crippen LogP contribution in [0.3, 0.4) is 0 Å². The standard InChI is InChI=1S/C29H30N4O5/c1-36-16-13-30-28(35)22-9-11-23(12-10-22)31-29-32-25-4-2-3-24(27(25)38-29)21-7-5-20(6-8-21)19-26(34)33-14-17-37-18-15-33/h2-12H,13-19H2,1H3,(H,30,35)(H,31,32). The van der Waals surface area contributed by atoms with Gasteiger partial charge < -0.3 is 29.4 Å². The molecule has 2 heterocycles. The molecule has 0 atom stereocenters. The van der Waals surface area contributed by atoms with E-state index in [1.807, 2.05) is 47.4 Å². The van der Waals surface area contributed by atoms with Gasteiger partial charge in [-0.1, -0.05) is 36.4 Å². The molecule has 4 aromatic rings. The molecule has 0 saturated carbocycles. The van der Waals surface area contributed by atoms with Gasteiger partial charge in [0.2, 0.25) is 5.91 Å². The summed E-state index contributed by atoms with van der Waals surface area (Å²) in [5.41, 5.74) is 5.56. The zero-order valence-corrected chi connectivity index (χ0v) is 21.2. The Morgan fingerprint density at radius 1 is 1.00 bits per heavy atom. The van der Waals surface area contributed by atoms with E-state index >= 15 is 0 Å². The summed E-state index contributed by atoms with van der Waals surface area (Å²) in [6, 6.07) is 21.2. The van der Waals surface area contributed by atoms with Crippen LogP contribution in [0.1, 0.15) is 15.9 Å². The fourth-order valence-electron chi connectivity index (χ4n) is 4.33. The van der Waals surface area contributed by atoms with E-state index in [2.05, 4.69) is 15.6 Å². The van der Waals surface area contributed by atoms with Crippen molar-refractivity contribution in [3.05, 3.63) is 77.9 Å². The quantitative estimate of drug-likeness (QED) is 0.325. The van der Waals surface area contributed by atoms with Crippen LogP contribution >= 0.6 is 0 Å². The second kappa shape index (κ2) is 11.9. The zero-order valence-electron chi connectivity index (χ0n) is 21.2. The van der Waals surface area contributed by atoms with Crippen LogP contribution in [-0.4, -0.2) is 68.3 Å². The number of para-hydroxylation sites is 1. The first-order valence-corrected chi connectivity index (χ1v) is 12.6. The molecule has 1 saturated heterocycles. The van der Waals surface area contributed by atoms with Crippen molar-refractivity contribution in [3.63, 3.8) is 0 Å². The Bertz CT molecular complexity index is 1390. The second-order valence-electron chi connectivity index (χ2n) is 8.99. The van der Waals surface area contributed by atoms with Crippen molar-refractivity contribution in [2.45, 2.75) is 6.42 Å². The minimum atomic E-state index is -0.156. The van der Waals surface area contributed by atoms with E-state index in [0.717, 1.165) is 27.9 Å². The highest BCUT2D eigenvalue weighted by molar-refractivity contribution is 5.94. The summed E-state index contributed by atoms with van der Waals surface area (Å²) in [4.78, 5) is 31.2. The summed E-state index contributed by atoms with van der Waals surface area (Å²) in [7, 11) is 1.59. The molecular weight excluding hydrogens is 484 g/mol. The Kier molecular flexibility index (Phi) is 7.96. The first-order valence-electron chi connectivity index (χ1n) is 12.6. The number of oxazole rings is 1. The Morgan fingerprint density at radius 2 is 1.76 bits per heavy atom. The van der Waals surface area contributed by atoms with Gasteiger partial charge in [-0.3, -0.25) is 9.59 Å². The van der Waals surface area contributed by atoms with Crippen LogP contribution in [0.4, 0.5) is 11.7 Å². The van der Waals surface area contributed by atoms with E-state index < -0.39 is 0 Å². The number of rotatable bonds is 9. The highest BCUT2D eigenvalue weighted by Crippen LogP contribution is 2.32. The molecular formula is C29H30N4O5. The van der Waals surface area contributed by atoms with Crippen molar-refractivity contribution < 1.29 is 23.5 Å². The first-order chi connectivity index (χ1) is 18.6. The predicted octanol–water partition coefficient (Wildman–Crippen LogP) is 4.02. The third-order valence-electron chi connectivity index (χ3n) is 6.39. The van der Waals surface area contributed by atoms with Crippen LogP contribution in [0, 0.1) is 0 Å². The Balaban J connectivity index is 1.27. The summed E-state index contributed by atoms with van der Waals surface area (Å²) >= 11 is 0. The number of ether oxygens (including phenoxy) is 2. The monoisotopic (exact) mass is 514 g/mol. The summed E-state index contributed by atoms with van der Waals surface area (Å²) in [6.45, 7) is 3.41. The van der Waals surface area contributed by atoms with Crippen LogP contribution in [-0.2, 0) is 20.7 Å². The van der Waals surface area contributed by atoms with Gasteiger partial charge in [0.05, 0.1) is 26.2 Å². The van der Waals surface area contributed by atoms with Crippen LogP contribution in [0.2, 0.25) is 0 Å². The molecule has 5 rings (SSSR count). The van der Waals surface area contributed by atoms with E-state index in [-0.39, 0.29) is 11.8 Å². The maximum absolute atomic E-state index is 12.6. The van der Waals surface area contributed by atoms with Gasteiger partial charge in [0, 0.05) is 43.6 Å². The van der Waals surface area contributed by atoms with Crippen LogP contribution < -0.4 is 10.6 Å². The lowest BCUT2D eigenvalue weighted by atomic mass is 10.0. The zero-order chi connectivity index (χ0) is 26.3. The number of hydrogen-bond donors (Lipinski definition) is 2. The second-order valence-corrected chi connectivity index (χ2v) is 8.99. The molecule has 38 heavy (non-hydrogen) atoms. The van der Waals surface area contributed by atoms with Gasteiger partial charge in [0.1, 0.15) is 5.52 Å². The third-order valence-corrected chi connectivity index (χ3v) is 6.39. The van der Waals surface area contributed by atoms with Gasteiger partial charge in [-0.15, -0.1) is 0 Å². The molecule has 9 heteroatoms. The van der Waals surface area contributed by atoms with E-state index in [4.69, 9.17) is 13.9 Å². The lowest BCUT2D eigenvalue weighted by Crippen LogP contribution is -2.41. The molecule has 0 aliphatic carbocycles. The molecule has 1 fully saturated rings. The number of anilines is 2. The Hall–Kier alpha value is -4.21. The number of nitrogens with one attached hydrogen (secondary N) is 2. The molecule has 9 nitrogen and oxygen atoms in total. The number of nitrogens with zero attached hydrogens (tertiary/aromatic N) is 2. The third kappa shape index (κ3) is 6.01. The fourth-order valence-corrected chi connectivity index (χ4v) is 4.33. The molecule has 2 amide bonds. The van der Waals surface area contributed by atoms with Crippen molar-refractivity contribution in [1.29, 1.82) is 0 Å². The van der Waals surface area contributed by atoms with Crippen LogP contribution in [0.5, 0.6) is 0 Å². The number of carbonyl (C=O) groups excluding carboxylic acids is 2. The van der Waals surface area contributed by atoms with Crippen molar-refractivity contribution in [2.75, 3.05) is 51.9 Å². The minimum absolute atomic E-state index is 0.119. The summed E-state index contributed by atoms with van der Waals surface area (Å²) in [5, 5.41) is 5.97. The number of morpholine rings is 1. The van der Waals surface area contributed by atoms with Gasteiger partial charge in [0.15, 0.2) is 5.58 Å². The normalized spacial score (nSPS) is 13.4. The first kappa shape index (κ1) is 25.4. The number of methoxy groups -OCH3 is 1. The van der Waals surface area contributed by atoms with Crippen LogP contribution in [0.15, 0.2) is 71.1 Å². The summed E-state index contributed by atoms with van der Waals surface area (Å²) in [6.07, 6.45) is 0.370. The van der Waals surface area contributed by atoms with E-state index in [1.165, 1.54) is 0 Å². The minimum Gasteiger partial charge on any atom is -0.423 e. The highest BCUT2D eigenvalue weighted by Gasteiger charge is 2.17. The number of aromatic nitrogens is 1. The maximum Gasteiger partial charge on any atom is 0.300 e. The molecule has 0 bridgehead atoms. The lowest BCUT2D eigenvalue weighted by molar-refractivity contribution is -0.134. The average molecular weight is 515 g/mol. The van der Waals surface area contributed by atoms with Gasteiger partial charge in [0.25, 0.3) is 11.9 Å². The van der Waals surface area contributed by atoms with Gasteiger partial charge in [-0.25, -0.2) is 0 Å². The SMILES string of the molecule is COCCNC(=O)c1ccc(Nc2nc3cccc(-c4ccc(CC(=O)N5CCOCC5)cc4)c3o2)cc1. The molecule has 0 radical (unpaired) electrons. The van der Waals surface area contributed by atoms with Crippen molar-refractivity contribution >= 4 is 34.6 Å². The van der Waals surface area contributed by atoms with E-state index in [9.17, 15) is 9.59 Å². The largest absolute Gasteiger partial charge is 0.423 e. The summed E-state index contributed by atoms with van der Waals surface area (Å²) in [5.74, 6) is -0.0366. The van der Waals surface area contributed by atoms with E-state index in [1.54, 1.807) is 31.4 Å². The number of carbonyl (C=O) groups is 2. The molecule has 1 aromatic heterocycles. The average Bonchev–Trinajstić information content (AvgIpc) is 3.37. The number of amides is 2. The molecule has 1 aliphatic rings. The summed E-state index contributed by atoms with van der Waals surface area (Å²) < 4.78 is 16.4. The number of hydrogen-bond acceptors (Lipinski definition) is 7. The van der Waals surface area contributed by atoms with Gasteiger partial charge in [-0.2, -0.15) is 4.98 Å². The predicted molar refractivity (Wildman–Crippen MR) is 144 cm³/mol. The Labute approximate surface area is 220 Å². The number of benzene rings is 3. The van der Waals surface area contributed by atoms with Crippen LogP contribution in [0.25, 0.3) is 22.2 Å². The molecule has 1 aliphatic heterocycles. The molecule has 0 spiro atoms. The molecule has 3 aromatic carbocycles. The topological polar surface area (TPSA) is 106 Å². The van der Waals surface area contributed by atoms with Gasteiger partial charge >= 0.3 is 0 Å². The van der Waals surface area contributed by atoms with E-state index in [0.29, 0.717) is 63.0 Å². The van der Waals surface area contributed by atoms with Crippen molar-refractivity contribution in [3.8, 4) is 11.1 Å². The molecule has 0 unspecified atom stereocenters. The van der Waals surface area contributed by atoms with Crippen molar-refractivity contribution in [2.24, 2.45) is 0 Å². The lowest BCUT2D eigenvalue weighted by Gasteiger charge is -2.26. The molecule has 2 N–H and O–H groups in total. The number of fused-ring (bicyclic) bond motifs is 1. The van der Waals surface area contributed by atoms with Crippen molar-refractivity contribution in [1.82, 2.24) is 15.2 Å². The molecule has 196 valence electrons.